The summed E-state index contributed by atoms with van der Waals surface area (Å²) in [5, 5.41) is 13.7. The van der Waals surface area contributed by atoms with Crippen molar-refractivity contribution in [1.29, 1.82) is 0 Å². The van der Waals surface area contributed by atoms with Crippen molar-refractivity contribution in [3.8, 4) is 11.5 Å². The molecule has 1 fully saturated rings. The Morgan fingerprint density at radius 1 is 1.16 bits per heavy atom. The monoisotopic (exact) mass is 381 g/mol. The predicted octanol–water partition coefficient (Wildman–Crippen LogP) is 1.92. The van der Waals surface area contributed by atoms with Gasteiger partial charge in [-0.1, -0.05) is 0 Å². The lowest BCUT2D eigenvalue weighted by Gasteiger charge is -2.21. The van der Waals surface area contributed by atoms with Gasteiger partial charge in [0.25, 0.3) is 0 Å². The lowest BCUT2D eigenvalue weighted by Crippen LogP contribution is -2.29. The van der Waals surface area contributed by atoms with Gasteiger partial charge < -0.3 is 14.6 Å². The average Bonchev–Trinajstić information content (AvgIpc) is 3.30. The number of aliphatic hydroxyl groups is 1. The second-order valence-corrected chi connectivity index (χ2v) is 8.95. The number of rotatable bonds is 4. The summed E-state index contributed by atoms with van der Waals surface area (Å²) in [4.78, 5) is 0.194. The van der Waals surface area contributed by atoms with Gasteiger partial charge in [0.1, 0.15) is 13.2 Å². The molecule has 3 heterocycles. The van der Waals surface area contributed by atoms with E-state index in [1.807, 2.05) is 16.8 Å². The fraction of sp³-hybridized carbons (Fsp3) is 0.412. The van der Waals surface area contributed by atoms with E-state index < -0.39 is 10.0 Å². The van der Waals surface area contributed by atoms with Crippen molar-refractivity contribution in [1.82, 2.24) is 4.31 Å². The summed E-state index contributed by atoms with van der Waals surface area (Å²) in [6.45, 7) is 1.53. The molecule has 0 spiro atoms. The highest BCUT2D eigenvalue weighted by molar-refractivity contribution is 7.89. The first-order chi connectivity index (χ1) is 12.1. The third kappa shape index (κ3) is 3.03. The van der Waals surface area contributed by atoms with Crippen LogP contribution in [0.3, 0.4) is 0 Å². The molecule has 1 aromatic heterocycles. The summed E-state index contributed by atoms with van der Waals surface area (Å²) in [5.41, 5.74) is 1.09. The number of aliphatic hydroxyl groups excluding tert-OH is 1. The van der Waals surface area contributed by atoms with E-state index in [1.54, 1.807) is 23.5 Å². The Hall–Kier alpha value is -1.61. The number of fused-ring (bicyclic) bond motifs is 1. The molecule has 6 nitrogen and oxygen atoms in total. The zero-order chi connectivity index (χ0) is 17.4. The number of sulfonamides is 1. The van der Waals surface area contributed by atoms with Crippen LogP contribution in [0.4, 0.5) is 0 Å². The van der Waals surface area contributed by atoms with Gasteiger partial charge in [-0.25, -0.2) is 8.42 Å². The normalized spacial score (nSPS) is 23.7. The highest BCUT2D eigenvalue weighted by atomic mass is 32.2. The number of hydrogen-bond donors (Lipinski definition) is 1. The lowest BCUT2D eigenvalue weighted by molar-refractivity contribution is 0.171. The number of ether oxygens (including phenoxy) is 2. The van der Waals surface area contributed by atoms with E-state index in [4.69, 9.17) is 9.47 Å². The van der Waals surface area contributed by atoms with E-state index in [9.17, 15) is 13.5 Å². The molecule has 1 N–H and O–H groups in total. The van der Waals surface area contributed by atoms with E-state index in [0.29, 0.717) is 37.8 Å². The van der Waals surface area contributed by atoms with Crippen LogP contribution in [0.25, 0.3) is 0 Å². The second-order valence-electron chi connectivity index (χ2n) is 6.23. The Bertz CT molecular complexity index is 850. The third-order valence-corrected chi connectivity index (χ3v) is 7.29. The standard InChI is InChI=1S/C17H19NO5S2/c19-10-13-8-18(9-15(13)12-3-6-24-11-12)25(20,21)14-1-2-16-17(7-14)23-5-4-22-16/h1-3,6-7,11,13,15,19H,4-5,8-10H2. The maximum absolute atomic E-state index is 13.0. The second kappa shape index (κ2) is 6.60. The SMILES string of the molecule is O=S(=O)(c1ccc2c(c1)OCCO2)N1CC(CO)C(c2ccsc2)C1. The Balaban J connectivity index is 1.62. The average molecular weight is 381 g/mol. The Morgan fingerprint density at radius 2 is 1.96 bits per heavy atom. The van der Waals surface area contributed by atoms with Gasteiger partial charge >= 0.3 is 0 Å². The number of thiophene rings is 1. The summed E-state index contributed by atoms with van der Waals surface area (Å²) in [6, 6.07) is 6.71. The Kier molecular flexibility index (Phi) is 4.45. The van der Waals surface area contributed by atoms with Crippen molar-refractivity contribution in [3.63, 3.8) is 0 Å². The molecule has 2 aliphatic heterocycles. The van der Waals surface area contributed by atoms with Crippen LogP contribution in [-0.4, -0.2) is 50.7 Å². The van der Waals surface area contributed by atoms with Crippen LogP contribution in [0.5, 0.6) is 11.5 Å². The fourth-order valence-electron chi connectivity index (χ4n) is 3.41. The largest absolute Gasteiger partial charge is 0.486 e. The highest BCUT2D eigenvalue weighted by Gasteiger charge is 2.40. The van der Waals surface area contributed by atoms with E-state index in [-0.39, 0.29) is 23.3 Å². The van der Waals surface area contributed by atoms with Crippen LogP contribution >= 0.6 is 11.3 Å². The van der Waals surface area contributed by atoms with E-state index in [1.165, 1.54) is 10.4 Å². The van der Waals surface area contributed by atoms with E-state index in [2.05, 4.69) is 0 Å². The molecule has 2 unspecified atom stereocenters. The summed E-state index contributed by atoms with van der Waals surface area (Å²) < 4.78 is 38.5. The molecular weight excluding hydrogens is 362 g/mol. The van der Waals surface area contributed by atoms with Crippen LogP contribution in [-0.2, 0) is 10.0 Å². The van der Waals surface area contributed by atoms with Crippen molar-refractivity contribution < 1.29 is 23.0 Å². The molecule has 0 bridgehead atoms. The number of benzene rings is 1. The molecule has 25 heavy (non-hydrogen) atoms. The summed E-state index contributed by atoms with van der Waals surface area (Å²) >= 11 is 1.58. The molecule has 0 aliphatic carbocycles. The van der Waals surface area contributed by atoms with Gasteiger partial charge in [-0.2, -0.15) is 15.6 Å². The topological polar surface area (TPSA) is 76.1 Å². The van der Waals surface area contributed by atoms with E-state index in [0.717, 1.165) is 5.56 Å². The lowest BCUT2D eigenvalue weighted by atomic mass is 9.92. The highest BCUT2D eigenvalue weighted by Crippen LogP contribution is 2.38. The van der Waals surface area contributed by atoms with Crippen molar-refractivity contribution in [3.05, 3.63) is 40.6 Å². The van der Waals surface area contributed by atoms with Crippen LogP contribution in [0.1, 0.15) is 11.5 Å². The quantitative estimate of drug-likeness (QED) is 0.876. The van der Waals surface area contributed by atoms with Crippen LogP contribution in [0.15, 0.2) is 39.9 Å². The first kappa shape index (κ1) is 16.8. The fourth-order valence-corrected chi connectivity index (χ4v) is 5.67. The van der Waals surface area contributed by atoms with Crippen molar-refractivity contribution >= 4 is 21.4 Å². The first-order valence-corrected chi connectivity index (χ1v) is 10.5. The number of nitrogens with zero attached hydrogens (tertiary/aromatic N) is 1. The minimum atomic E-state index is -3.65. The van der Waals surface area contributed by atoms with Gasteiger partial charge in [0.15, 0.2) is 11.5 Å². The molecule has 1 saturated heterocycles. The molecule has 2 aliphatic rings. The zero-order valence-corrected chi connectivity index (χ0v) is 15.1. The smallest absolute Gasteiger partial charge is 0.243 e. The van der Waals surface area contributed by atoms with Crippen LogP contribution < -0.4 is 9.47 Å². The van der Waals surface area contributed by atoms with Crippen molar-refractivity contribution in [2.45, 2.75) is 10.8 Å². The van der Waals surface area contributed by atoms with Gasteiger partial charge in [0.05, 0.1) is 4.90 Å². The molecule has 0 radical (unpaired) electrons. The van der Waals surface area contributed by atoms with Gasteiger partial charge in [0, 0.05) is 37.6 Å². The molecule has 1 aromatic carbocycles. The number of hydrogen-bond acceptors (Lipinski definition) is 6. The van der Waals surface area contributed by atoms with Crippen LogP contribution in [0.2, 0.25) is 0 Å². The molecule has 134 valence electrons. The van der Waals surface area contributed by atoms with Crippen molar-refractivity contribution in [2.75, 3.05) is 32.9 Å². The summed E-state index contributed by atoms with van der Waals surface area (Å²) in [6.07, 6.45) is 0. The van der Waals surface area contributed by atoms with Gasteiger partial charge in [-0.05, 0) is 34.5 Å². The Labute approximate surface area is 150 Å². The van der Waals surface area contributed by atoms with Gasteiger partial charge in [-0.3, -0.25) is 0 Å². The van der Waals surface area contributed by atoms with Crippen molar-refractivity contribution in [2.24, 2.45) is 5.92 Å². The predicted molar refractivity (Wildman–Crippen MR) is 93.8 cm³/mol. The summed E-state index contributed by atoms with van der Waals surface area (Å²) in [7, 11) is -3.65. The molecule has 0 amide bonds. The third-order valence-electron chi connectivity index (χ3n) is 4.76. The van der Waals surface area contributed by atoms with Gasteiger partial charge in [-0.15, -0.1) is 0 Å². The summed E-state index contributed by atoms with van der Waals surface area (Å²) in [5.74, 6) is 0.945. The molecule has 8 heteroatoms. The minimum Gasteiger partial charge on any atom is -0.486 e. The molecule has 4 rings (SSSR count). The molecule has 2 aromatic rings. The Morgan fingerprint density at radius 3 is 2.68 bits per heavy atom. The molecule has 2 atom stereocenters. The van der Waals surface area contributed by atoms with E-state index >= 15 is 0 Å². The first-order valence-electron chi connectivity index (χ1n) is 8.12. The maximum atomic E-state index is 13.0. The zero-order valence-electron chi connectivity index (χ0n) is 13.5. The van der Waals surface area contributed by atoms with Crippen LogP contribution in [0, 0.1) is 5.92 Å². The minimum absolute atomic E-state index is 0.0169. The molecular formula is C17H19NO5S2. The molecule has 0 saturated carbocycles. The maximum Gasteiger partial charge on any atom is 0.243 e. The van der Waals surface area contributed by atoms with Gasteiger partial charge in [0.2, 0.25) is 10.0 Å².